The van der Waals surface area contributed by atoms with E-state index >= 15 is 0 Å². The minimum absolute atomic E-state index is 0. The monoisotopic (exact) mass is 284 g/mol. The molecule has 1 aromatic carbocycles. The second-order valence-electron chi connectivity index (χ2n) is 3.95. The van der Waals surface area contributed by atoms with Gasteiger partial charge in [-0.1, -0.05) is 6.07 Å². The topological polar surface area (TPSA) is 24.1 Å². The Morgan fingerprint density at radius 3 is 2.39 bits per heavy atom. The number of benzene rings is 1. The molecule has 0 saturated carbocycles. The summed E-state index contributed by atoms with van der Waals surface area (Å²) in [6, 6.07) is 2.92. The van der Waals surface area contributed by atoms with E-state index in [1.54, 1.807) is 0 Å². The Morgan fingerprint density at radius 1 is 1.17 bits per heavy atom. The van der Waals surface area contributed by atoms with Crippen molar-refractivity contribution < 1.29 is 17.6 Å². The van der Waals surface area contributed by atoms with Crippen LogP contribution in [0.15, 0.2) is 18.2 Å². The summed E-state index contributed by atoms with van der Waals surface area (Å²) in [4.78, 5) is 0. The highest BCUT2D eigenvalue weighted by molar-refractivity contribution is 5.85. The van der Waals surface area contributed by atoms with Gasteiger partial charge in [0.25, 0.3) is 0 Å². The van der Waals surface area contributed by atoms with Gasteiger partial charge >= 0.3 is 6.18 Å². The molecule has 2 N–H and O–H groups in total. The minimum atomic E-state index is -4.64. The van der Waals surface area contributed by atoms with Crippen LogP contribution in [0, 0.1) is 5.82 Å². The van der Waals surface area contributed by atoms with E-state index in [-0.39, 0.29) is 18.4 Å². The standard InChI is InChI=1S/C11H12F4N2.ClH/c12-9-5-7(10-6-16-3-4-17-10)1-2-8(9)11(13,14)15;/h1-2,5,10,16-17H,3-4,6H2;1H/t10-;/m1./s1. The van der Waals surface area contributed by atoms with E-state index < -0.39 is 17.6 Å². The number of nitrogens with one attached hydrogen (secondary N) is 2. The zero-order chi connectivity index (χ0) is 12.5. The molecule has 102 valence electrons. The Kier molecular flexibility index (Phi) is 4.95. The molecule has 1 saturated heterocycles. The van der Waals surface area contributed by atoms with Gasteiger partial charge in [0.1, 0.15) is 5.82 Å². The Bertz CT molecular complexity index is 403. The molecular weight excluding hydrogens is 272 g/mol. The zero-order valence-corrected chi connectivity index (χ0v) is 10.2. The lowest BCUT2D eigenvalue weighted by molar-refractivity contribution is -0.140. The summed E-state index contributed by atoms with van der Waals surface area (Å²) in [5, 5.41) is 6.20. The number of halogens is 5. The van der Waals surface area contributed by atoms with Gasteiger partial charge in [-0.25, -0.2) is 4.39 Å². The SMILES string of the molecule is Cl.Fc1cc([C@H]2CNCCN2)ccc1C(F)(F)F. The summed E-state index contributed by atoms with van der Waals surface area (Å²) in [5.41, 5.74) is -0.687. The smallest absolute Gasteiger partial charge is 0.314 e. The third-order valence-electron chi connectivity index (χ3n) is 2.74. The highest BCUT2D eigenvalue weighted by Gasteiger charge is 2.34. The lowest BCUT2D eigenvalue weighted by Gasteiger charge is -2.25. The lowest BCUT2D eigenvalue weighted by Crippen LogP contribution is -2.42. The van der Waals surface area contributed by atoms with Crippen molar-refractivity contribution in [1.82, 2.24) is 10.6 Å². The third-order valence-corrected chi connectivity index (χ3v) is 2.74. The molecule has 2 nitrogen and oxygen atoms in total. The molecule has 1 aliphatic heterocycles. The molecule has 1 aliphatic rings. The maximum Gasteiger partial charge on any atom is 0.419 e. The molecule has 1 fully saturated rings. The first-order valence-electron chi connectivity index (χ1n) is 5.29. The first-order chi connectivity index (χ1) is 7.98. The van der Waals surface area contributed by atoms with E-state index in [1.165, 1.54) is 6.07 Å². The van der Waals surface area contributed by atoms with Gasteiger partial charge in [-0.2, -0.15) is 13.2 Å². The van der Waals surface area contributed by atoms with Crippen molar-refractivity contribution in [3.05, 3.63) is 35.1 Å². The maximum atomic E-state index is 13.3. The van der Waals surface area contributed by atoms with Crippen molar-refractivity contribution in [2.75, 3.05) is 19.6 Å². The quantitative estimate of drug-likeness (QED) is 0.774. The van der Waals surface area contributed by atoms with E-state index in [1.807, 2.05) is 0 Å². The van der Waals surface area contributed by atoms with E-state index in [9.17, 15) is 17.6 Å². The van der Waals surface area contributed by atoms with Crippen LogP contribution in [0.25, 0.3) is 0 Å². The van der Waals surface area contributed by atoms with Crippen molar-refractivity contribution >= 4 is 12.4 Å². The fraction of sp³-hybridized carbons (Fsp3) is 0.455. The third kappa shape index (κ3) is 3.34. The molecule has 0 bridgehead atoms. The first kappa shape index (κ1) is 15.2. The molecule has 7 heteroatoms. The van der Waals surface area contributed by atoms with Gasteiger partial charge in [0.05, 0.1) is 5.56 Å². The Labute approximate surface area is 108 Å². The van der Waals surface area contributed by atoms with Gasteiger partial charge in [-0.15, -0.1) is 12.4 Å². The molecule has 1 atom stereocenters. The van der Waals surface area contributed by atoms with E-state index in [2.05, 4.69) is 10.6 Å². The molecule has 0 unspecified atom stereocenters. The zero-order valence-electron chi connectivity index (χ0n) is 9.35. The largest absolute Gasteiger partial charge is 0.419 e. The molecular formula is C11H13ClF4N2. The predicted octanol–water partition coefficient (Wildman–Crippen LogP) is 2.50. The molecule has 0 amide bonds. The van der Waals surface area contributed by atoms with Crippen LogP contribution in [-0.4, -0.2) is 19.6 Å². The summed E-state index contributed by atoms with van der Waals surface area (Å²) in [6.07, 6.45) is -4.64. The predicted molar refractivity (Wildman–Crippen MR) is 62.3 cm³/mol. The molecule has 18 heavy (non-hydrogen) atoms. The van der Waals surface area contributed by atoms with Gasteiger partial charge < -0.3 is 10.6 Å². The Hall–Kier alpha value is -0.850. The van der Waals surface area contributed by atoms with Crippen molar-refractivity contribution in [1.29, 1.82) is 0 Å². The van der Waals surface area contributed by atoms with E-state index in [4.69, 9.17) is 0 Å². The molecule has 0 spiro atoms. The van der Waals surface area contributed by atoms with E-state index in [0.717, 1.165) is 18.7 Å². The number of piperazine rings is 1. The van der Waals surface area contributed by atoms with Gasteiger partial charge in [-0.3, -0.25) is 0 Å². The van der Waals surface area contributed by atoms with Gasteiger partial charge in [0, 0.05) is 25.7 Å². The van der Waals surface area contributed by atoms with Crippen LogP contribution in [0.3, 0.4) is 0 Å². The number of rotatable bonds is 1. The van der Waals surface area contributed by atoms with Crippen molar-refractivity contribution in [3.8, 4) is 0 Å². The summed E-state index contributed by atoms with van der Waals surface area (Å²) in [6.45, 7) is 2.11. The Balaban J connectivity index is 0.00000162. The normalized spacial score (nSPS) is 20.3. The summed E-state index contributed by atoms with van der Waals surface area (Å²) >= 11 is 0. The molecule has 0 aromatic heterocycles. The average molecular weight is 285 g/mol. The Morgan fingerprint density at radius 2 is 1.89 bits per heavy atom. The fourth-order valence-corrected chi connectivity index (χ4v) is 1.87. The van der Waals surface area contributed by atoms with Crippen molar-refractivity contribution in [2.45, 2.75) is 12.2 Å². The highest BCUT2D eigenvalue weighted by Crippen LogP contribution is 2.32. The van der Waals surface area contributed by atoms with E-state index in [0.29, 0.717) is 18.7 Å². The highest BCUT2D eigenvalue weighted by atomic mass is 35.5. The van der Waals surface area contributed by atoms with Crippen LogP contribution in [0.2, 0.25) is 0 Å². The van der Waals surface area contributed by atoms with Gasteiger partial charge in [-0.05, 0) is 17.7 Å². The number of hydrogen-bond donors (Lipinski definition) is 2. The number of alkyl halides is 3. The average Bonchev–Trinajstić information content (AvgIpc) is 2.28. The molecule has 1 heterocycles. The molecule has 1 aromatic rings. The van der Waals surface area contributed by atoms with Gasteiger partial charge in [0.2, 0.25) is 0 Å². The number of hydrogen-bond acceptors (Lipinski definition) is 2. The van der Waals surface area contributed by atoms with Crippen LogP contribution in [0.1, 0.15) is 17.2 Å². The second-order valence-corrected chi connectivity index (χ2v) is 3.95. The molecule has 0 radical (unpaired) electrons. The van der Waals surface area contributed by atoms with Gasteiger partial charge in [0.15, 0.2) is 0 Å². The van der Waals surface area contributed by atoms with Crippen molar-refractivity contribution in [3.63, 3.8) is 0 Å². The van der Waals surface area contributed by atoms with Crippen LogP contribution in [0.5, 0.6) is 0 Å². The molecule has 2 rings (SSSR count). The van der Waals surface area contributed by atoms with Crippen LogP contribution >= 0.6 is 12.4 Å². The fourth-order valence-electron chi connectivity index (χ4n) is 1.87. The van der Waals surface area contributed by atoms with Crippen molar-refractivity contribution in [2.24, 2.45) is 0 Å². The van der Waals surface area contributed by atoms with Crippen LogP contribution < -0.4 is 10.6 Å². The summed E-state index contributed by atoms with van der Waals surface area (Å²) < 4.78 is 50.4. The summed E-state index contributed by atoms with van der Waals surface area (Å²) in [7, 11) is 0. The first-order valence-corrected chi connectivity index (χ1v) is 5.29. The lowest BCUT2D eigenvalue weighted by atomic mass is 10.0. The van der Waals surface area contributed by atoms with Crippen LogP contribution in [-0.2, 0) is 6.18 Å². The second kappa shape index (κ2) is 5.86. The van der Waals surface area contributed by atoms with Crippen LogP contribution in [0.4, 0.5) is 17.6 Å². The summed E-state index contributed by atoms with van der Waals surface area (Å²) in [5.74, 6) is -1.22. The maximum absolute atomic E-state index is 13.3. The minimum Gasteiger partial charge on any atom is -0.314 e. The molecule has 0 aliphatic carbocycles.